The fourth-order valence-corrected chi connectivity index (χ4v) is 7.31. The van der Waals surface area contributed by atoms with Gasteiger partial charge in [0.1, 0.15) is 36.0 Å². The zero-order valence-corrected chi connectivity index (χ0v) is 33.9. The van der Waals surface area contributed by atoms with Crippen LogP contribution in [0.4, 0.5) is 0 Å². The minimum atomic E-state index is -1.38. The van der Waals surface area contributed by atoms with Gasteiger partial charge >= 0.3 is 5.97 Å². The first-order valence-electron chi connectivity index (χ1n) is 19.4. The zero-order chi connectivity index (χ0) is 43.6. The number of benzene rings is 1. The summed E-state index contributed by atoms with van der Waals surface area (Å²) in [6, 6.07) is -0.715. The van der Waals surface area contributed by atoms with E-state index in [0.29, 0.717) is 43.5 Å². The molecule has 14 N–H and O–H groups in total. The van der Waals surface area contributed by atoms with Crippen molar-refractivity contribution in [3.8, 4) is 5.75 Å². The Morgan fingerprint density at radius 1 is 0.847 bits per heavy atom. The number of guanidine groups is 1. The fourth-order valence-electron chi connectivity index (χ4n) is 6.84. The second-order valence-corrected chi connectivity index (χ2v) is 15.4. The van der Waals surface area contributed by atoms with Crippen LogP contribution in [0.2, 0.25) is 0 Å². The highest BCUT2D eigenvalue weighted by Gasteiger charge is 2.43. The average molecular weight is 848 g/mol. The molecule has 0 aromatic heterocycles. The van der Waals surface area contributed by atoms with E-state index in [9.17, 15) is 48.6 Å². The Balaban J connectivity index is 1.64. The summed E-state index contributed by atoms with van der Waals surface area (Å²) in [6.45, 7) is 0.0654. The number of aliphatic carboxylic acids is 1. The standard InChI is InChI=1S/C37H57N11O10S/c1-59-18-14-25(45-33(54)27-6-3-16-47(27)35(56)28-7-4-17-48(28)34(55)23(38)12-13-29(39)50)31(52)43-20-30(51)44-24(5-2-15-42-37(40)41)32(53)46-26(36(57)58)19-21-8-10-22(49)11-9-21/h8-11,23-28,49H,2-7,12-20,38H2,1H3,(H2,39,50)(H,43,52)(H,44,51)(H,45,54)(H,46,53)(H,57,58)(H4,40,41,42)/t23-,24-,25-,26-,27-,28-/m0/s1. The Hall–Kier alpha value is -5.64. The lowest BCUT2D eigenvalue weighted by Gasteiger charge is -2.32. The number of carboxylic acids is 1. The van der Waals surface area contributed by atoms with Crippen LogP contribution in [0, 0.1) is 0 Å². The second-order valence-electron chi connectivity index (χ2n) is 14.4. The van der Waals surface area contributed by atoms with E-state index in [1.54, 1.807) is 0 Å². The number of aromatic hydroxyl groups is 1. The maximum Gasteiger partial charge on any atom is 0.326 e. The molecule has 2 aliphatic heterocycles. The quantitative estimate of drug-likeness (QED) is 0.0298. The summed E-state index contributed by atoms with van der Waals surface area (Å²) in [5, 5.41) is 29.5. The van der Waals surface area contributed by atoms with Gasteiger partial charge in [0.25, 0.3) is 0 Å². The van der Waals surface area contributed by atoms with E-state index in [1.807, 2.05) is 6.26 Å². The van der Waals surface area contributed by atoms with Gasteiger partial charge in [-0.05, 0) is 81.1 Å². The van der Waals surface area contributed by atoms with Gasteiger partial charge in [0.2, 0.25) is 41.4 Å². The summed E-state index contributed by atoms with van der Waals surface area (Å²) in [4.78, 5) is 110. The third kappa shape index (κ3) is 15.2. The summed E-state index contributed by atoms with van der Waals surface area (Å²) in [6.07, 6.45) is 3.81. The van der Waals surface area contributed by atoms with Crippen LogP contribution < -0.4 is 44.2 Å². The van der Waals surface area contributed by atoms with Gasteiger partial charge < -0.3 is 64.2 Å². The molecule has 1 aromatic rings. The molecule has 0 radical (unpaired) electrons. The normalized spacial score (nSPS) is 18.1. The highest BCUT2D eigenvalue weighted by atomic mass is 32.2. The summed E-state index contributed by atoms with van der Waals surface area (Å²) >= 11 is 1.42. The maximum atomic E-state index is 13.8. The summed E-state index contributed by atoms with van der Waals surface area (Å²) < 4.78 is 0. The zero-order valence-electron chi connectivity index (χ0n) is 33.1. The predicted molar refractivity (Wildman–Crippen MR) is 217 cm³/mol. The number of nitrogens with one attached hydrogen (secondary N) is 4. The summed E-state index contributed by atoms with van der Waals surface area (Å²) in [5.41, 5.74) is 22.5. The first kappa shape index (κ1) is 47.7. The molecule has 59 heavy (non-hydrogen) atoms. The molecule has 1 aromatic carbocycles. The number of carbonyl (C=O) groups is 8. The molecular weight excluding hydrogens is 791 g/mol. The van der Waals surface area contributed by atoms with E-state index in [0.717, 1.165) is 0 Å². The van der Waals surface area contributed by atoms with Crippen molar-refractivity contribution < 1.29 is 48.6 Å². The number of carboxylic acid groups (broad SMARTS) is 1. The first-order chi connectivity index (χ1) is 28.0. The van der Waals surface area contributed by atoms with Gasteiger partial charge in [-0.3, -0.25) is 38.6 Å². The third-order valence-electron chi connectivity index (χ3n) is 9.93. The van der Waals surface area contributed by atoms with Gasteiger partial charge in [-0.2, -0.15) is 11.8 Å². The molecule has 21 nitrogen and oxygen atoms in total. The summed E-state index contributed by atoms with van der Waals surface area (Å²) in [5.74, 6) is -5.42. The van der Waals surface area contributed by atoms with Crippen LogP contribution in [-0.2, 0) is 44.8 Å². The SMILES string of the molecule is CSCC[C@H](NC(=O)[C@@H]1CCCN1C(=O)[C@@H]1CCCN1C(=O)[C@@H](N)CCC(N)=O)C(=O)NCC(=O)N[C@@H](CCCN=C(N)N)C(=O)N[C@@H](Cc1ccc(O)cc1)C(=O)O. The van der Waals surface area contributed by atoms with E-state index in [4.69, 9.17) is 22.9 Å². The van der Waals surface area contributed by atoms with E-state index in [-0.39, 0.29) is 63.3 Å². The number of phenolic OH excluding ortho intramolecular Hbond substituents is 1. The van der Waals surface area contributed by atoms with Crippen LogP contribution in [0.5, 0.6) is 5.75 Å². The number of primary amides is 1. The number of phenols is 1. The molecule has 3 rings (SSSR count). The molecule has 0 bridgehead atoms. The lowest BCUT2D eigenvalue weighted by Crippen LogP contribution is -2.57. The molecule has 22 heteroatoms. The molecule has 7 amide bonds. The molecule has 2 aliphatic rings. The summed E-state index contributed by atoms with van der Waals surface area (Å²) in [7, 11) is 0. The van der Waals surface area contributed by atoms with Crippen molar-refractivity contribution >= 4 is 65.0 Å². The van der Waals surface area contributed by atoms with Gasteiger partial charge in [-0.1, -0.05) is 12.1 Å². The smallest absolute Gasteiger partial charge is 0.326 e. The molecule has 0 spiro atoms. The van der Waals surface area contributed by atoms with Crippen LogP contribution in [0.1, 0.15) is 63.4 Å². The van der Waals surface area contributed by atoms with Gasteiger partial charge in [-0.15, -0.1) is 0 Å². The Kier molecular flexibility index (Phi) is 19.2. The highest BCUT2D eigenvalue weighted by Crippen LogP contribution is 2.26. The Bertz CT molecular complexity index is 1690. The second kappa shape index (κ2) is 23.7. The molecule has 0 saturated carbocycles. The molecule has 2 fully saturated rings. The molecule has 6 atom stereocenters. The monoisotopic (exact) mass is 847 g/mol. The van der Waals surface area contributed by atoms with Gasteiger partial charge in [0, 0.05) is 32.5 Å². The van der Waals surface area contributed by atoms with E-state index in [1.165, 1.54) is 45.8 Å². The van der Waals surface area contributed by atoms with Crippen LogP contribution in [-0.4, -0.2) is 148 Å². The van der Waals surface area contributed by atoms with Crippen molar-refractivity contribution in [3.05, 3.63) is 29.8 Å². The largest absolute Gasteiger partial charge is 0.508 e. The number of thioether (sulfide) groups is 1. The Labute approximate surface area is 346 Å². The minimum absolute atomic E-state index is 0.00569. The van der Waals surface area contributed by atoms with Crippen molar-refractivity contribution in [1.29, 1.82) is 0 Å². The van der Waals surface area contributed by atoms with E-state index < -0.39 is 90.1 Å². The maximum absolute atomic E-state index is 13.8. The number of hydrogen-bond acceptors (Lipinski definition) is 12. The number of carbonyl (C=O) groups excluding carboxylic acids is 7. The first-order valence-corrected chi connectivity index (χ1v) is 20.8. The average Bonchev–Trinajstić information content (AvgIpc) is 3.90. The van der Waals surface area contributed by atoms with Crippen molar-refractivity contribution in [2.75, 3.05) is 38.2 Å². The van der Waals surface area contributed by atoms with Crippen LogP contribution in [0.3, 0.4) is 0 Å². The van der Waals surface area contributed by atoms with Crippen molar-refractivity contribution in [2.45, 2.75) is 100 Å². The lowest BCUT2D eigenvalue weighted by atomic mass is 10.0. The number of aliphatic imine (C=N–C) groups is 1. The minimum Gasteiger partial charge on any atom is -0.508 e. The number of hydrogen-bond donors (Lipinski definition) is 10. The van der Waals surface area contributed by atoms with Gasteiger partial charge in [-0.25, -0.2) is 4.79 Å². The Morgan fingerprint density at radius 2 is 1.49 bits per heavy atom. The predicted octanol–water partition coefficient (Wildman–Crippen LogP) is -3.03. The molecule has 0 aliphatic carbocycles. The third-order valence-corrected chi connectivity index (χ3v) is 10.6. The van der Waals surface area contributed by atoms with Crippen molar-refractivity contribution in [3.63, 3.8) is 0 Å². The Morgan fingerprint density at radius 3 is 2.12 bits per heavy atom. The van der Waals surface area contributed by atoms with Crippen LogP contribution in [0.25, 0.3) is 0 Å². The molecule has 0 unspecified atom stereocenters. The number of likely N-dealkylation sites (tertiary alicyclic amines) is 2. The molecular formula is C37H57N11O10S. The number of amides is 7. The molecule has 326 valence electrons. The lowest BCUT2D eigenvalue weighted by molar-refractivity contribution is -0.147. The molecule has 2 saturated heterocycles. The highest BCUT2D eigenvalue weighted by molar-refractivity contribution is 7.98. The van der Waals surface area contributed by atoms with Crippen molar-refractivity contribution in [1.82, 2.24) is 31.1 Å². The van der Waals surface area contributed by atoms with Gasteiger partial charge in [0.05, 0.1) is 12.6 Å². The van der Waals surface area contributed by atoms with E-state index >= 15 is 0 Å². The number of nitrogens with zero attached hydrogens (tertiary/aromatic N) is 3. The van der Waals surface area contributed by atoms with Crippen molar-refractivity contribution in [2.24, 2.45) is 27.9 Å². The van der Waals surface area contributed by atoms with Gasteiger partial charge in [0.15, 0.2) is 5.96 Å². The fraction of sp³-hybridized carbons (Fsp3) is 0.595. The van der Waals surface area contributed by atoms with E-state index in [2.05, 4.69) is 26.3 Å². The molecule has 2 heterocycles. The van der Waals surface area contributed by atoms with Crippen LogP contribution in [0.15, 0.2) is 29.3 Å². The number of rotatable bonds is 23. The number of nitrogens with two attached hydrogens (primary N) is 4. The van der Waals surface area contributed by atoms with Crippen LogP contribution >= 0.6 is 11.8 Å². The topological polar surface area (TPSA) is 348 Å².